The molecule has 0 saturated heterocycles. The maximum Gasteiger partial charge on any atom is 0.327 e. The van der Waals surface area contributed by atoms with E-state index < -0.39 is 5.97 Å². The second-order valence-corrected chi connectivity index (χ2v) is 3.04. The number of aliphatic hydroxyl groups is 2. The van der Waals surface area contributed by atoms with Crippen molar-refractivity contribution in [1.82, 2.24) is 0 Å². The van der Waals surface area contributed by atoms with Gasteiger partial charge < -0.3 is 20.1 Å². The van der Waals surface area contributed by atoms with Crippen molar-refractivity contribution in [3.05, 3.63) is 12.7 Å². The Labute approximate surface area is 97.4 Å². The summed E-state index contributed by atoms with van der Waals surface area (Å²) in [6.07, 6.45) is 0.833. The summed E-state index contributed by atoms with van der Waals surface area (Å²) in [6.45, 7) is 10.8. The van der Waals surface area contributed by atoms with Gasteiger partial charge in [-0.3, -0.25) is 0 Å². The molecule has 0 atom stereocenters. The van der Waals surface area contributed by atoms with E-state index in [4.69, 9.17) is 20.1 Å². The molecule has 0 aliphatic carbocycles. The van der Waals surface area contributed by atoms with Crippen molar-refractivity contribution in [2.75, 3.05) is 26.4 Å². The molecule has 0 radical (unpaired) electrons. The summed E-state index contributed by atoms with van der Waals surface area (Å²) in [4.78, 5) is 9.25. The largest absolute Gasteiger partial charge is 0.478 e. The Bertz CT molecular complexity index is 143. The summed E-state index contributed by atoms with van der Waals surface area (Å²) >= 11 is 0. The molecule has 0 heterocycles. The molecule has 0 amide bonds. The number of aliphatic carboxylic acids is 1. The summed E-state index contributed by atoms with van der Waals surface area (Å²) in [5.74, 6) is -0.301. The first-order chi connectivity index (χ1) is 7.45. The Morgan fingerprint density at radius 2 is 1.75 bits per heavy atom. The van der Waals surface area contributed by atoms with E-state index in [0.29, 0.717) is 5.92 Å². The van der Waals surface area contributed by atoms with E-state index in [1.54, 1.807) is 0 Å². The molecule has 0 rings (SSSR count). The van der Waals surface area contributed by atoms with Crippen LogP contribution in [0, 0.1) is 5.92 Å². The van der Waals surface area contributed by atoms with Crippen molar-refractivity contribution in [2.24, 2.45) is 5.92 Å². The second kappa shape index (κ2) is 19.6. The first kappa shape index (κ1) is 20.5. The summed E-state index contributed by atoms with van der Waals surface area (Å²) in [5.41, 5.74) is 0. The van der Waals surface area contributed by atoms with Crippen LogP contribution in [-0.4, -0.2) is 47.7 Å². The van der Waals surface area contributed by atoms with Gasteiger partial charge in [0.25, 0.3) is 0 Å². The third-order valence-corrected chi connectivity index (χ3v) is 0.930. The molecule has 0 aromatic rings. The van der Waals surface area contributed by atoms with E-state index in [1.807, 2.05) is 6.92 Å². The average molecular weight is 236 g/mol. The van der Waals surface area contributed by atoms with Crippen molar-refractivity contribution in [3.63, 3.8) is 0 Å². The highest BCUT2D eigenvalue weighted by molar-refractivity contribution is 5.78. The van der Waals surface area contributed by atoms with Crippen molar-refractivity contribution in [3.8, 4) is 0 Å². The van der Waals surface area contributed by atoms with Gasteiger partial charge in [0.05, 0.1) is 13.2 Å². The molecule has 0 aromatic heterocycles. The highest BCUT2D eigenvalue weighted by Crippen LogP contribution is 1.90. The minimum atomic E-state index is -0.981. The zero-order valence-electron chi connectivity index (χ0n) is 10.3. The molecule has 0 spiro atoms. The number of ether oxygens (including phenoxy) is 1. The molecular weight excluding hydrogens is 212 g/mol. The molecular formula is C11H24O5. The Morgan fingerprint density at radius 3 is 1.81 bits per heavy atom. The van der Waals surface area contributed by atoms with Crippen molar-refractivity contribution in [1.29, 1.82) is 0 Å². The van der Waals surface area contributed by atoms with Crippen LogP contribution in [0.3, 0.4) is 0 Å². The number of carboxylic acids is 1. The topological polar surface area (TPSA) is 87.0 Å². The fourth-order valence-electron chi connectivity index (χ4n) is 0.354. The normalized spacial score (nSPS) is 8.38. The Balaban J connectivity index is -0.000000166. The van der Waals surface area contributed by atoms with Crippen LogP contribution in [0.1, 0.15) is 20.8 Å². The van der Waals surface area contributed by atoms with Gasteiger partial charge in [-0.15, -0.1) is 0 Å². The average Bonchev–Trinajstić information content (AvgIpc) is 2.27. The molecule has 0 aromatic carbocycles. The Kier molecular flexibility index (Phi) is 25.1. The SMILES string of the molecule is C=CC(=O)O.CCOCC(C)C.OCCO. The van der Waals surface area contributed by atoms with E-state index in [1.165, 1.54) is 0 Å². The van der Waals surface area contributed by atoms with Crippen LogP contribution >= 0.6 is 0 Å². The van der Waals surface area contributed by atoms with Crippen LogP contribution < -0.4 is 0 Å². The van der Waals surface area contributed by atoms with E-state index in [0.717, 1.165) is 19.3 Å². The third-order valence-electron chi connectivity index (χ3n) is 0.930. The highest BCUT2D eigenvalue weighted by atomic mass is 16.5. The number of carbonyl (C=O) groups is 1. The van der Waals surface area contributed by atoms with Crippen LogP contribution in [0.4, 0.5) is 0 Å². The molecule has 3 N–H and O–H groups in total. The van der Waals surface area contributed by atoms with Gasteiger partial charge in [0.15, 0.2) is 0 Å². The number of rotatable bonds is 5. The molecule has 0 saturated carbocycles. The Hall–Kier alpha value is -0.910. The van der Waals surface area contributed by atoms with E-state index in [-0.39, 0.29) is 13.2 Å². The fourth-order valence-corrected chi connectivity index (χ4v) is 0.354. The van der Waals surface area contributed by atoms with Gasteiger partial charge in [0, 0.05) is 19.3 Å². The first-order valence-electron chi connectivity index (χ1n) is 5.10. The lowest BCUT2D eigenvalue weighted by molar-refractivity contribution is -0.131. The van der Waals surface area contributed by atoms with Crippen LogP contribution in [-0.2, 0) is 9.53 Å². The zero-order chi connectivity index (χ0) is 13.4. The lowest BCUT2D eigenvalue weighted by Gasteiger charge is -2.01. The number of carboxylic acid groups (broad SMARTS) is 1. The lowest BCUT2D eigenvalue weighted by Crippen LogP contribution is -2.00. The fraction of sp³-hybridized carbons (Fsp3) is 0.727. The molecule has 0 aliphatic rings. The molecule has 16 heavy (non-hydrogen) atoms. The number of hydrogen-bond acceptors (Lipinski definition) is 4. The van der Waals surface area contributed by atoms with E-state index in [9.17, 15) is 4.79 Å². The zero-order valence-corrected chi connectivity index (χ0v) is 10.3. The van der Waals surface area contributed by atoms with Gasteiger partial charge in [-0.2, -0.15) is 0 Å². The van der Waals surface area contributed by atoms with Gasteiger partial charge in [0.2, 0.25) is 0 Å². The van der Waals surface area contributed by atoms with Crippen LogP contribution in [0.2, 0.25) is 0 Å². The smallest absolute Gasteiger partial charge is 0.327 e. The molecule has 0 fully saturated rings. The first-order valence-corrected chi connectivity index (χ1v) is 5.10. The van der Waals surface area contributed by atoms with Crippen molar-refractivity contribution < 1.29 is 24.9 Å². The second-order valence-electron chi connectivity index (χ2n) is 3.04. The number of hydrogen-bond donors (Lipinski definition) is 3. The monoisotopic (exact) mass is 236 g/mol. The van der Waals surface area contributed by atoms with Crippen LogP contribution in [0.5, 0.6) is 0 Å². The molecule has 98 valence electrons. The van der Waals surface area contributed by atoms with Gasteiger partial charge in [0.1, 0.15) is 0 Å². The predicted molar refractivity (Wildman–Crippen MR) is 63.3 cm³/mol. The predicted octanol–water partition coefficient (Wildman–Crippen LogP) is 0.907. The van der Waals surface area contributed by atoms with Crippen LogP contribution in [0.25, 0.3) is 0 Å². The standard InChI is InChI=1S/C6H14O.C3H4O2.C2H6O2/c1-4-7-5-6(2)3;1-2-3(4)5;3-1-2-4/h6H,4-5H2,1-3H3;2H,1H2,(H,4,5);3-4H,1-2H2. The maximum absolute atomic E-state index is 9.25. The molecule has 0 aliphatic heterocycles. The molecule has 5 nitrogen and oxygen atoms in total. The highest BCUT2D eigenvalue weighted by Gasteiger charge is 1.88. The van der Waals surface area contributed by atoms with E-state index in [2.05, 4.69) is 20.4 Å². The minimum Gasteiger partial charge on any atom is -0.478 e. The van der Waals surface area contributed by atoms with Gasteiger partial charge in [-0.25, -0.2) is 4.79 Å². The van der Waals surface area contributed by atoms with Crippen LogP contribution in [0.15, 0.2) is 12.7 Å². The maximum atomic E-state index is 9.25. The minimum absolute atomic E-state index is 0.125. The molecule has 5 heteroatoms. The molecule has 0 bridgehead atoms. The van der Waals surface area contributed by atoms with E-state index >= 15 is 0 Å². The van der Waals surface area contributed by atoms with Gasteiger partial charge in [-0.05, 0) is 12.8 Å². The molecule has 0 unspecified atom stereocenters. The van der Waals surface area contributed by atoms with Crippen molar-refractivity contribution in [2.45, 2.75) is 20.8 Å². The summed E-state index contributed by atoms with van der Waals surface area (Å²) in [7, 11) is 0. The van der Waals surface area contributed by atoms with Gasteiger partial charge in [-0.1, -0.05) is 20.4 Å². The lowest BCUT2D eigenvalue weighted by atomic mass is 10.2. The van der Waals surface area contributed by atoms with Gasteiger partial charge >= 0.3 is 5.97 Å². The van der Waals surface area contributed by atoms with Crippen molar-refractivity contribution >= 4 is 5.97 Å². The quantitative estimate of drug-likeness (QED) is 0.617. The third kappa shape index (κ3) is 51.6. The summed E-state index contributed by atoms with van der Waals surface area (Å²) < 4.78 is 5.09. The number of aliphatic hydroxyl groups excluding tert-OH is 2. The summed E-state index contributed by atoms with van der Waals surface area (Å²) in [6, 6.07) is 0. The summed E-state index contributed by atoms with van der Waals surface area (Å²) in [5, 5.41) is 22.9. The Morgan fingerprint density at radius 1 is 1.38 bits per heavy atom.